The van der Waals surface area contributed by atoms with E-state index in [4.69, 9.17) is 14.6 Å². The molecule has 0 spiro atoms. The van der Waals surface area contributed by atoms with Crippen molar-refractivity contribution in [3.8, 4) is 0 Å². The molecule has 0 amide bonds. The number of nitrogens with zero attached hydrogens (tertiary/aromatic N) is 1. The largest absolute Gasteiger partial charge is 0.478 e. The Morgan fingerprint density at radius 2 is 1.88 bits per heavy atom. The van der Waals surface area contributed by atoms with Crippen LogP contribution < -0.4 is 0 Å². The van der Waals surface area contributed by atoms with Gasteiger partial charge in [-0.1, -0.05) is 6.58 Å². The summed E-state index contributed by atoms with van der Waals surface area (Å²) in [4.78, 5) is 23.3. The number of carbonyl (C=O) groups excluding carboxylic acids is 1. The van der Waals surface area contributed by atoms with Crippen LogP contribution in [0.25, 0.3) is 0 Å². The van der Waals surface area contributed by atoms with Gasteiger partial charge in [-0.3, -0.25) is 0 Å². The molecular formula is C10H15NO5. The predicted molar refractivity (Wildman–Crippen MR) is 56.0 cm³/mol. The van der Waals surface area contributed by atoms with E-state index in [0.29, 0.717) is 39.4 Å². The highest BCUT2D eigenvalue weighted by Gasteiger charge is 2.02. The molecule has 6 nitrogen and oxygen atoms in total. The third-order valence-corrected chi connectivity index (χ3v) is 1.63. The topological polar surface area (TPSA) is 85.2 Å². The molecule has 0 aliphatic heterocycles. The number of aliphatic imine (C=N–C) groups is 1. The molecular weight excluding hydrogens is 214 g/mol. The summed E-state index contributed by atoms with van der Waals surface area (Å²) in [7, 11) is 0. The molecule has 16 heavy (non-hydrogen) atoms. The molecule has 90 valence electrons. The van der Waals surface area contributed by atoms with E-state index in [1.54, 1.807) is 0 Å². The monoisotopic (exact) mass is 229 g/mol. The molecule has 0 saturated heterocycles. The summed E-state index contributed by atoms with van der Waals surface area (Å²) in [5, 5.41) is 8.48. The van der Waals surface area contributed by atoms with Gasteiger partial charge in [0.15, 0.2) is 0 Å². The van der Waals surface area contributed by atoms with Gasteiger partial charge in [0.05, 0.1) is 33.0 Å². The number of ether oxygens (including phenoxy) is 2. The number of isocyanates is 1. The molecule has 0 aromatic rings. The van der Waals surface area contributed by atoms with Gasteiger partial charge in [-0.25, -0.2) is 14.6 Å². The van der Waals surface area contributed by atoms with Crippen LogP contribution in [0.15, 0.2) is 17.1 Å². The van der Waals surface area contributed by atoms with Crippen LogP contribution in [0.3, 0.4) is 0 Å². The van der Waals surface area contributed by atoms with Crippen molar-refractivity contribution in [2.75, 3.05) is 33.0 Å². The van der Waals surface area contributed by atoms with Crippen LogP contribution >= 0.6 is 0 Å². The second-order valence-electron chi connectivity index (χ2n) is 2.86. The van der Waals surface area contributed by atoms with E-state index < -0.39 is 5.97 Å². The summed E-state index contributed by atoms with van der Waals surface area (Å²) >= 11 is 0. The number of aliphatic carboxylic acids is 1. The highest BCUT2D eigenvalue weighted by molar-refractivity contribution is 5.85. The molecule has 0 heterocycles. The second-order valence-corrected chi connectivity index (χ2v) is 2.86. The summed E-state index contributed by atoms with van der Waals surface area (Å²) in [5.74, 6) is -1.01. The van der Waals surface area contributed by atoms with E-state index in [1.165, 1.54) is 6.08 Å². The van der Waals surface area contributed by atoms with Gasteiger partial charge in [0.25, 0.3) is 0 Å². The minimum atomic E-state index is -1.01. The van der Waals surface area contributed by atoms with Crippen molar-refractivity contribution in [2.45, 2.75) is 6.42 Å². The Kier molecular flexibility index (Phi) is 9.11. The molecule has 0 unspecified atom stereocenters. The molecule has 0 atom stereocenters. The Hall–Kier alpha value is -1.49. The smallest absolute Gasteiger partial charge is 0.331 e. The molecule has 0 rings (SSSR count). The van der Waals surface area contributed by atoms with Gasteiger partial charge < -0.3 is 14.6 Å². The lowest BCUT2D eigenvalue weighted by molar-refractivity contribution is -0.132. The summed E-state index contributed by atoms with van der Waals surface area (Å²) in [6, 6.07) is 0. The molecule has 0 bridgehead atoms. The van der Waals surface area contributed by atoms with Gasteiger partial charge in [0, 0.05) is 12.0 Å². The SMILES string of the molecule is C=C(CCOCCOCCN=C=O)C(=O)O. The summed E-state index contributed by atoms with van der Waals surface area (Å²) in [6.45, 7) is 5.06. The number of hydrogen-bond acceptors (Lipinski definition) is 5. The van der Waals surface area contributed by atoms with Crippen molar-refractivity contribution in [3.63, 3.8) is 0 Å². The Morgan fingerprint density at radius 1 is 1.25 bits per heavy atom. The van der Waals surface area contributed by atoms with Crippen LogP contribution in [0.4, 0.5) is 0 Å². The lowest BCUT2D eigenvalue weighted by Gasteiger charge is -2.04. The van der Waals surface area contributed by atoms with Crippen molar-refractivity contribution in [3.05, 3.63) is 12.2 Å². The fourth-order valence-corrected chi connectivity index (χ4v) is 0.780. The van der Waals surface area contributed by atoms with E-state index in [1.807, 2.05) is 0 Å². The van der Waals surface area contributed by atoms with E-state index in [2.05, 4.69) is 11.6 Å². The minimum Gasteiger partial charge on any atom is -0.478 e. The number of carboxylic acids is 1. The Morgan fingerprint density at radius 3 is 2.44 bits per heavy atom. The quantitative estimate of drug-likeness (QED) is 0.253. The fourth-order valence-electron chi connectivity index (χ4n) is 0.780. The van der Waals surface area contributed by atoms with Gasteiger partial charge in [0.2, 0.25) is 6.08 Å². The maximum absolute atomic E-state index is 10.3. The molecule has 1 N–H and O–H groups in total. The zero-order valence-corrected chi connectivity index (χ0v) is 8.98. The fraction of sp³-hybridized carbons (Fsp3) is 0.600. The first-order valence-electron chi connectivity index (χ1n) is 4.78. The van der Waals surface area contributed by atoms with Crippen molar-refractivity contribution >= 4 is 12.0 Å². The number of carboxylic acid groups (broad SMARTS) is 1. The number of rotatable bonds is 10. The average Bonchev–Trinajstić information content (AvgIpc) is 2.26. The third kappa shape index (κ3) is 9.08. The zero-order chi connectivity index (χ0) is 12.2. The molecule has 0 aromatic carbocycles. The second kappa shape index (κ2) is 10.0. The highest BCUT2D eigenvalue weighted by Crippen LogP contribution is 1.97. The van der Waals surface area contributed by atoms with E-state index in [9.17, 15) is 9.59 Å². The average molecular weight is 229 g/mol. The maximum Gasteiger partial charge on any atom is 0.331 e. The van der Waals surface area contributed by atoms with Gasteiger partial charge in [-0.05, 0) is 0 Å². The Balaban J connectivity index is 3.18. The molecule has 0 aliphatic rings. The van der Waals surface area contributed by atoms with Crippen molar-refractivity contribution in [1.29, 1.82) is 0 Å². The van der Waals surface area contributed by atoms with Crippen LogP contribution in [0.5, 0.6) is 0 Å². The first-order chi connectivity index (χ1) is 7.68. The molecule has 0 radical (unpaired) electrons. The van der Waals surface area contributed by atoms with Crippen LogP contribution in [0.2, 0.25) is 0 Å². The Bertz CT molecular complexity index is 270. The first kappa shape index (κ1) is 14.5. The van der Waals surface area contributed by atoms with Crippen molar-refractivity contribution < 1.29 is 24.2 Å². The van der Waals surface area contributed by atoms with Crippen molar-refractivity contribution in [2.24, 2.45) is 4.99 Å². The first-order valence-corrected chi connectivity index (χ1v) is 4.78. The van der Waals surface area contributed by atoms with Crippen molar-refractivity contribution in [1.82, 2.24) is 0 Å². The van der Waals surface area contributed by atoms with E-state index in [0.717, 1.165) is 0 Å². The molecule has 0 fully saturated rings. The number of carbonyl (C=O) groups is 1. The van der Waals surface area contributed by atoms with Crippen LogP contribution in [-0.4, -0.2) is 50.1 Å². The zero-order valence-electron chi connectivity index (χ0n) is 8.98. The summed E-state index contributed by atoms with van der Waals surface area (Å²) < 4.78 is 10.2. The molecule has 0 aromatic heterocycles. The lowest BCUT2D eigenvalue weighted by Crippen LogP contribution is -2.09. The minimum absolute atomic E-state index is 0.126. The molecule has 0 aliphatic carbocycles. The number of hydrogen-bond donors (Lipinski definition) is 1. The van der Waals surface area contributed by atoms with E-state index in [-0.39, 0.29) is 5.57 Å². The van der Waals surface area contributed by atoms with Gasteiger partial charge in [-0.15, -0.1) is 0 Å². The standard InChI is InChI=1S/C10H15NO5/c1-9(10(13)14)2-4-15-6-7-16-5-3-11-8-12/h1-7H2,(H,13,14). The highest BCUT2D eigenvalue weighted by atomic mass is 16.5. The van der Waals surface area contributed by atoms with E-state index >= 15 is 0 Å². The van der Waals surface area contributed by atoms with Gasteiger partial charge in [0.1, 0.15) is 0 Å². The Labute approximate surface area is 93.6 Å². The van der Waals surface area contributed by atoms with Crippen LogP contribution in [-0.2, 0) is 19.1 Å². The van der Waals surface area contributed by atoms with Crippen LogP contribution in [0, 0.1) is 0 Å². The summed E-state index contributed by atoms with van der Waals surface area (Å²) in [5.41, 5.74) is 0.126. The lowest BCUT2D eigenvalue weighted by atomic mass is 10.2. The molecule has 0 saturated carbocycles. The maximum atomic E-state index is 10.3. The van der Waals surface area contributed by atoms with Gasteiger partial charge in [-0.2, -0.15) is 0 Å². The molecule has 6 heteroatoms. The van der Waals surface area contributed by atoms with Crippen LogP contribution in [0.1, 0.15) is 6.42 Å². The third-order valence-electron chi connectivity index (χ3n) is 1.63. The normalized spacial score (nSPS) is 9.50. The predicted octanol–water partition coefficient (Wildman–Crippen LogP) is 0.386. The van der Waals surface area contributed by atoms with Gasteiger partial charge >= 0.3 is 5.97 Å². The summed E-state index contributed by atoms with van der Waals surface area (Å²) in [6.07, 6.45) is 1.70.